The molecule has 10 aliphatic rings. The number of rotatable bonds is 9. The predicted octanol–water partition coefficient (Wildman–Crippen LogP) is 0.0298. The van der Waals surface area contributed by atoms with Crippen LogP contribution in [0.15, 0.2) is 11.6 Å². The molecule has 0 amide bonds. The quantitative estimate of drug-likeness (QED) is 0.109. The summed E-state index contributed by atoms with van der Waals surface area (Å²) in [6.45, 7) is 13.0. The molecule has 29 atom stereocenters. The molecule has 410 valence electrons. The molecule has 9 N–H and O–H groups in total. The van der Waals surface area contributed by atoms with Gasteiger partial charge in [-0.1, -0.05) is 39.3 Å². The molecule has 9 fully saturated rings. The van der Waals surface area contributed by atoms with Crippen LogP contribution in [0.4, 0.5) is 0 Å². The number of fused-ring (bicyclic) bond motifs is 7. The third-order valence-corrected chi connectivity index (χ3v) is 19.5. The van der Waals surface area contributed by atoms with Gasteiger partial charge in [0.15, 0.2) is 37.1 Å². The van der Waals surface area contributed by atoms with E-state index in [2.05, 4.69) is 33.8 Å². The predicted molar refractivity (Wildman–Crippen MR) is 244 cm³/mol. The molecule has 0 aromatic heterocycles. The molecule has 6 heterocycles. The maximum atomic E-state index is 12.9. The molecule has 21 heteroatoms. The molecule has 0 radical (unpaired) electrons. The van der Waals surface area contributed by atoms with Crippen LogP contribution >= 0.6 is 0 Å². The molecule has 6 aliphatic heterocycles. The highest BCUT2D eigenvalue weighted by atomic mass is 16.8. The molecule has 72 heavy (non-hydrogen) atoms. The third kappa shape index (κ3) is 8.86. The lowest BCUT2D eigenvalue weighted by Gasteiger charge is -2.60. The molecule has 4 aliphatic carbocycles. The molecule has 7 unspecified atom stereocenters. The van der Waals surface area contributed by atoms with Gasteiger partial charge in [0.2, 0.25) is 0 Å². The average molecular weight is 1030 g/mol. The van der Waals surface area contributed by atoms with Crippen LogP contribution in [0.5, 0.6) is 0 Å². The Balaban J connectivity index is 0.852. The lowest BCUT2D eigenvalue weighted by molar-refractivity contribution is -0.389. The number of allylic oxidation sites excluding steroid dienone is 1. The zero-order chi connectivity index (χ0) is 51.6. The third-order valence-electron chi connectivity index (χ3n) is 19.5. The minimum absolute atomic E-state index is 0.132. The van der Waals surface area contributed by atoms with Gasteiger partial charge in [0.05, 0.1) is 44.2 Å². The molecule has 21 nitrogen and oxygen atoms in total. The van der Waals surface area contributed by atoms with Crippen LogP contribution in [0.1, 0.15) is 106 Å². The van der Waals surface area contributed by atoms with E-state index in [1.165, 1.54) is 12.5 Å². The van der Waals surface area contributed by atoms with E-state index in [-0.39, 0.29) is 28.8 Å². The topological polar surface area (TPSA) is 301 Å². The highest BCUT2D eigenvalue weighted by Gasteiger charge is 2.76. The van der Waals surface area contributed by atoms with Crippen molar-refractivity contribution in [1.29, 1.82) is 0 Å². The monoisotopic (exact) mass is 1030 g/mol. The summed E-state index contributed by atoms with van der Waals surface area (Å²) in [5, 5.41) is 101. The minimum Gasteiger partial charge on any atom is -0.457 e. The van der Waals surface area contributed by atoms with E-state index in [1.54, 1.807) is 6.92 Å². The molecular weight excluding hydrogens is 949 g/mol. The highest BCUT2D eigenvalue weighted by Crippen LogP contribution is 2.72. The summed E-state index contributed by atoms with van der Waals surface area (Å²) in [7, 11) is 0. The normalized spacial score (nSPS) is 56.6. The van der Waals surface area contributed by atoms with Gasteiger partial charge in [0.1, 0.15) is 72.7 Å². The van der Waals surface area contributed by atoms with E-state index in [0.717, 1.165) is 51.9 Å². The molecule has 3 saturated carbocycles. The zero-order valence-corrected chi connectivity index (χ0v) is 42.4. The van der Waals surface area contributed by atoms with Crippen LogP contribution in [0.2, 0.25) is 0 Å². The maximum Gasteiger partial charge on any atom is 0.303 e. The van der Waals surface area contributed by atoms with E-state index in [0.29, 0.717) is 37.2 Å². The largest absolute Gasteiger partial charge is 0.457 e. The maximum absolute atomic E-state index is 12.9. The summed E-state index contributed by atoms with van der Waals surface area (Å²) in [6, 6.07) is 0. The fraction of sp³-hybridized carbons (Fsp3) is 0.941. The van der Waals surface area contributed by atoms with Crippen molar-refractivity contribution in [3.63, 3.8) is 0 Å². The van der Waals surface area contributed by atoms with Crippen molar-refractivity contribution in [2.24, 2.45) is 40.4 Å². The van der Waals surface area contributed by atoms with Crippen molar-refractivity contribution in [1.82, 2.24) is 0 Å². The molecule has 6 saturated heterocycles. The van der Waals surface area contributed by atoms with E-state index in [9.17, 15) is 50.8 Å². The Morgan fingerprint density at radius 2 is 1.32 bits per heavy atom. The zero-order valence-electron chi connectivity index (χ0n) is 42.4. The first-order valence-corrected chi connectivity index (χ1v) is 26.5. The smallest absolute Gasteiger partial charge is 0.303 e. The summed E-state index contributed by atoms with van der Waals surface area (Å²) in [4.78, 5) is 11.7. The Morgan fingerprint density at radius 3 is 2.03 bits per heavy atom. The van der Waals surface area contributed by atoms with E-state index >= 15 is 0 Å². The molecule has 0 aromatic carbocycles. The van der Waals surface area contributed by atoms with E-state index in [1.807, 2.05) is 0 Å². The Bertz CT molecular complexity index is 1970. The van der Waals surface area contributed by atoms with Gasteiger partial charge in [-0.3, -0.25) is 4.79 Å². The van der Waals surface area contributed by atoms with Crippen molar-refractivity contribution < 1.29 is 103 Å². The van der Waals surface area contributed by atoms with Crippen molar-refractivity contribution in [2.45, 2.75) is 240 Å². The fourth-order valence-electron chi connectivity index (χ4n) is 15.2. The number of ether oxygens (including phenoxy) is 11. The van der Waals surface area contributed by atoms with Crippen LogP contribution in [0.3, 0.4) is 0 Å². The van der Waals surface area contributed by atoms with Gasteiger partial charge in [0.25, 0.3) is 0 Å². The van der Waals surface area contributed by atoms with Gasteiger partial charge in [0, 0.05) is 24.7 Å². The Labute approximate surface area is 420 Å². The van der Waals surface area contributed by atoms with Crippen LogP contribution < -0.4 is 0 Å². The van der Waals surface area contributed by atoms with Crippen molar-refractivity contribution in [3.05, 3.63) is 11.6 Å². The summed E-state index contributed by atoms with van der Waals surface area (Å²) < 4.78 is 67.4. The highest BCUT2D eigenvalue weighted by molar-refractivity contribution is 5.66. The second-order valence-corrected chi connectivity index (χ2v) is 23.6. The SMILES string of the molecule is CC(=O)O[C@@H]1[C@@H](O)[C@@H](O)[C@H](O[C@@H]2[C@@H](O)[C@H](O[C@H]3[C@@H](O)[C@@H](C)O[C@H](OC4CC[C@@]5(C)C(=CCC6C5CC[C@@]5(C)C6CC6OC7(CC[C@@H](C)CO7)[C@@H](C)C65O)C4)[C@@H]3O[C@H]3OC[C@H](O)[C@H](O)[C@H]3O)OC[C@@H]2O)O[C@H]1C. The number of aliphatic hydroxyl groups excluding tert-OH is 8. The van der Waals surface area contributed by atoms with Gasteiger partial charge in [-0.25, -0.2) is 0 Å². The Hall–Kier alpha value is -1.55. The first kappa shape index (κ1) is 53.8. The molecule has 0 aromatic rings. The number of hydrogen-bond donors (Lipinski definition) is 9. The number of carbonyl (C=O) groups excluding carboxylic acids is 1. The summed E-state index contributed by atoms with van der Waals surface area (Å²) in [5.41, 5.74) is -0.169. The second-order valence-electron chi connectivity index (χ2n) is 23.6. The number of carbonyl (C=O) groups is 1. The standard InChI is InChI=1S/C51H80O21/c1-21-10-15-50(64-18-21)24(4)51(61)33(72-50)17-30-28-9-8-26-16-27(11-13-48(26,6)29(28)12-14-49(30,51)7)68-47-43(71-44-37(58)35(56)31(53)19-62-44)42(34(55)22(2)65-47)70-45-39(60)41(32(54)20-63-45)69-46-38(59)36(57)40(23(3)66-46)67-25(5)52/h8,21-24,27-47,53-61H,9-20H2,1-7H3/t21-,22-,23+,24-,27?,28?,29?,30?,31+,32+,33?,34+,35+,36+,37-,38-,39-,40+,41+,42+,43-,44-,45+,46+,47-,48+,49+,50?,51?/m1/s1. The summed E-state index contributed by atoms with van der Waals surface area (Å²) in [6.07, 6.45) is -17.7. The van der Waals surface area contributed by atoms with Crippen molar-refractivity contribution in [2.75, 3.05) is 19.8 Å². The second kappa shape index (κ2) is 20.0. The van der Waals surface area contributed by atoms with Crippen LogP contribution in [-0.2, 0) is 56.9 Å². The first-order valence-electron chi connectivity index (χ1n) is 26.5. The van der Waals surface area contributed by atoms with Crippen LogP contribution in [0.25, 0.3) is 0 Å². The molecular formula is C51H80O21. The van der Waals surface area contributed by atoms with E-state index < -0.39 is 147 Å². The number of aliphatic hydroxyl groups is 9. The van der Waals surface area contributed by atoms with Crippen LogP contribution in [-0.4, -0.2) is 206 Å². The molecule has 10 rings (SSSR count). The number of hydrogen-bond acceptors (Lipinski definition) is 21. The average Bonchev–Trinajstić information content (AvgIpc) is 3.69. The van der Waals surface area contributed by atoms with Gasteiger partial charge in [-0.15, -0.1) is 0 Å². The van der Waals surface area contributed by atoms with E-state index in [4.69, 9.17) is 52.1 Å². The number of esters is 1. The molecule has 0 bridgehead atoms. The van der Waals surface area contributed by atoms with Gasteiger partial charge < -0.3 is 98.1 Å². The lowest BCUT2D eigenvalue weighted by atomic mass is 9.46. The lowest BCUT2D eigenvalue weighted by Crippen LogP contribution is -2.66. The molecule has 1 spiro atoms. The van der Waals surface area contributed by atoms with Gasteiger partial charge >= 0.3 is 5.97 Å². The first-order chi connectivity index (χ1) is 34.0. The van der Waals surface area contributed by atoms with Crippen molar-refractivity contribution >= 4 is 5.97 Å². The van der Waals surface area contributed by atoms with Gasteiger partial charge in [-0.05, 0) is 94.3 Å². The van der Waals surface area contributed by atoms with Crippen LogP contribution in [0, 0.1) is 40.4 Å². The Kier molecular flexibility index (Phi) is 15.0. The minimum atomic E-state index is -1.81. The fourth-order valence-corrected chi connectivity index (χ4v) is 15.2. The Morgan fingerprint density at radius 1 is 0.653 bits per heavy atom. The summed E-state index contributed by atoms with van der Waals surface area (Å²) in [5.74, 6) is -0.125. The van der Waals surface area contributed by atoms with Gasteiger partial charge in [-0.2, -0.15) is 0 Å². The van der Waals surface area contributed by atoms with Crippen molar-refractivity contribution in [3.8, 4) is 0 Å². The summed E-state index contributed by atoms with van der Waals surface area (Å²) >= 11 is 0.